The lowest BCUT2D eigenvalue weighted by Gasteiger charge is -1.99. The molecule has 0 saturated heterocycles. The van der Waals surface area contributed by atoms with Gasteiger partial charge in [-0.05, 0) is 19.8 Å². The molecule has 0 unspecified atom stereocenters. The van der Waals surface area contributed by atoms with Gasteiger partial charge in [-0.25, -0.2) is 4.98 Å². The van der Waals surface area contributed by atoms with E-state index in [1.54, 1.807) is 11.3 Å². The van der Waals surface area contributed by atoms with Crippen LogP contribution in [0, 0.1) is 13.8 Å². The lowest BCUT2D eigenvalue weighted by Crippen LogP contribution is -1.89. The molecule has 2 heteroatoms. The molecule has 0 bridgehead atoms. The summed E-state index contributed by atoms with van der Waals surface area (Å²) in [5.74, 6) is 0.574. The molecule has 0 aliphatic heterocycles. The predicted octanol–water partition coefficient (Wildman–Crippen LogP) is 2.88. The van der Waals surface area contributed by atoms with Crippen LogP contribution in [0.4, 0.5) is 0 Å². The van der Waals surface area contributed by atoms with Crippen molar-refractivity contribution < 1.29 is 0 Å². The van der Waals surface area contributed by atoms with Crippen molar-refractivity contribution in [3.05, 3.63) is 15.6 Å². The highest BCUT2D eigenvalue weighted by Crippen LogP contribution is 2.22. The number of rotatable bonds is 1. The maximum atomic E-state index is 4.43. The second-order valence-corrected chi connectivity index (χ2v) is 4.24. The van der Waals surface area contributed by atoms with Crippen molar-refractivity contribution in [1.82, 2.24) is 4.98 Å². The Balaban J connectivity index is 3.03. The van der Waals surface area contributed by atoms with Gasteiger partial charge in [0, 0.05) is 4.88 Å². The largest absolute Gasteiger partial charge is 0.246 e. The van der Waals surface area contributed by atoms with Crippen LogP contribution in [0.5, 0.6) is 0 Å². The average molecular weight is 155 g/mol. The molecule has 0 radical (unpaired) electrons. The monoisotopic (exact) mass is 155 g/mol. The molecule has 0 spiro atoms. The van der Waals surface area contributed by atoms with Crippen molar-refractivity contribution in [2.45, 2.75) is 33.6 Å². The van der Waals surface area contributed by atoms with E-state index in [9.17, 15) is 0 Å². The number of aryl methyl sites for hydroxylation is 2. The fourth-order valence-corrected chi connectivity index (χ4v) is 2.05. The maximum absolute atomic E-state index is 4.43. The molecular weight excluding hydrogens is 142 g/mol. The van der Waals surface area contributed by atoms with Crippen LogP contribution < -0.4 is 0 Å². The Bertz CT molecular complexity index is 225. The van der Waals surface area contributed by atoms with Gasteiger partial charge in [0.1, 0.15) is 0 Å². The third kappa shape index (κ3) is 1.37. The lowest BCUT2D eigenvalue weighted by molar-refractivity contribution is 0.820. The minimum atomic E-state index is 0.574. The van der Waals surface area contributed by atoms with Gasteiger partial charge < -0.3 is 0 Å². The summed E-state index contributed by atoms with van der Waals surface area (Å²) in [6.07, 6.45) is 0. The summed E-state index contributed by atoms with van der Waals surface area (Å²) < 4.78 is 0. The molecular formula is C8H13NS. The quantitative estimate of drug-likeness (QED) is 0.607. The summed E-state index contributed by atoms with van der Waals surface area (Å²) in [5.41, 5.74) is 1.27. The highest BCUT2D eigenvalue weighted by molar-refractivity contribution is 7.11. The van der Waals surface area contributed by atoms with Crippen LogP contribution in [0.1, 0.15) is 35.3 Å². The van der Waals surface area contributed by atoms with Crippen molar-refractivity contribution in [3.8, 4) is 0 Å². The van der Waals surface area contributed by atoms with E-state index >= 15 is 0 Å². The number of hydrogen-bond acceptors (Lipinski definition) is 2. The van der Waals surface area contributed by atoms with Crippen LogP contribution in [-0.4, -0.2) is 4.98 Å². The van der Waals surface area contributed by atoms with E-state index in [1.807, 2.05) is 0 Å². The van der Waals surface area contributed by atoms with Crippen LogP contribution in [0.15, 0.2) is 0 Å². The van der Waals surface area contributed by atoms with E-state index in [2.05, 4.69) is 32.7 Å². The van der Waals surface area contributed by atoms with Gasteiger partial charge in [-0.1, -0.05) is 13.8 Å². The van der Waals surface area contributed by atoms with E-state index in [4.69, 9.17) is 0 Å². The summed E-state index contributed by atoms with van der Waals surface area (Å²) in [6, 6.07) is 0. The number of thiazole rings is 1. The Morgan fingerprint density at radius 3 is 2.10 bits per heavy atom. The Hall–Kier alpha value is -0.370. The van der Waals surface area contributed by atoms with E-state index in [0.717, 1.165) is 0 Å². The molecule has 0 saturated carbocycles. The molecule has 10 heavy (non-hydrogen) atoms. The number of aromatic nitrogens is 1. The first kappa shape index (κ1) is 7.73. The van der Waals surface area contributed by atoms with Crippen LogP contribution in [0.3, 0.4) is 0 Å². The van der Waals surface area contributed by atoms with E-state index in [0.29, 0.717) is 5.92 Å². The Morgan fingerprint density at radius 2 is 1.90 bits per heavy atom. The van der Waals surface area contributed by atoms with Crippen molar-refractivity contribution in [2.75, 3.05) is 0 Å². The Morgan fingerprint density at radius 1 is 1.30 bits per heavy atom. The van der Waals surface area contributed by atoms with Gasteiger partial charge >= 0.3 is 0 Å². The Kier molecular flexibility index (Phi) is 2.09. The predicted molar refractivity (Wildman–Crippen MR) is 45.7 cm³/mol. The fraction of sp³-hybridized carbons (Fsp3) is 0.625. The minimum absolute atomic E-state index is 0.574. The van der Waals surface area contributed by atoms with Crippen molar-refractivity contribution in [2.24, 2.45) is 0 Å². The van der Waals surface area contributed by atoms with E-state index < -0.39 is 0 Å². The maximum Gasteiger partial charge on any atom is 0.0900 e. The molecule has 0 aliphatic rings. The molecule has 1 heterocycles. The second kappa shape index (κ2) is 2.70. The van der Waals surface area contributed by atoms with Gasteiger partial charge in [0.2, 0.25) is 0 Å². The molecule has 0 amide bonds. The second-order valence-electron chi connectivity index (χ2n) is 2.83. The summed E-state index contributed by atoms with van der Waals surface area (Å²) >= 11 is 1.79. The van der Waals surface area contributed by atoms with Gasteiger partial charge in [-0.3, -0.25) is 0 Å². The van der Waals surface area contributed by atoms with Crippen LogP contribution in [0.2, 0.25) is 0 Å². The number of nitrogens with zero attached hydrogens (tertiary/aromatic N) is 1. The summed E-state index contributed by atoms with van der Waals surface area (Å²) in [5, 5.41) is 1.18. The zero-order valence-electron chi connectivity index (χ0n) is 6.93. The summed E-state index contributed by atoms with van der Waals surface area (Å²) in [6.45, 7) is 8.56. The van der Waals surface area contributed by atoms with Gasteiger partial charge in [0.05, 0.1) is 10.7 Å². The summed E-state index contributed by atoms with van der Waals surface area (Å²) in [4.78, 5) is 5.80. The average Bonchev–Trinajstić information content (AvgIpc) is 2.10. The molecule has 0 N–H and O–H groups in total. The van der Waals surface area contributed by atoms with E-state index in [-0.39, 0.29) is 0 Å². The number of hydrogen-bond donors (Lipinski definition) is 0. The molecule has 0 aliphatic carbocycles. The molecule has 1 rings (SSSR count). The first-order valence-corrected chi connectivity index (χ1v) is 4.37. The van der Waals surface area contributed by atoms with Crippen LogP contribution in [0.25, 0.3) is 0 Å². The minimum Gasteiger partial charge on any atom is -0.246 e. The fourth-order valence-electron chi connectivity index (χ4n) is 1.08. The topological polar surface area (TPSA) is 12.9 Å². The molecule has 0 aromatic carbocycles. The van der Waals surface area contributed by atoms with E-state index in [1.165, 1.54) is 15.6 Å². The highest BCUT2D eigenvalue weighted by atomic mass is 32.1. The smallest absolute Gasteiger partial charge is 0.0900 e. The van der Waals surface area contributed by atoms with Crippen LogP contribution >= 0.6 is 11.3 Å². The van der Waals surface area contributed by atoms with Gasteiger partial charge in [0.25, 0.3) is 0 Å². The van der Waals surface area contributed by atoms with Gasteiger partial charge in [-0.15, -0.1) is 11.3 Å². The molecule has 56 valence electrons. The van der Waals surface area contributed by atoms with Gasteiger partial charge in [-0.2, -0.15) is 0 Å². The first-order valence-electron chi connectivity index (χ1n) is 3.55. The zero-order valence-corrected chi connectivity index (χ0v) is 7.75. The zero-order chi connectivity index (χ0) is 7.72. The SMILES string of the molecule is Cc1nc(C(C)C)c(C)s1. The molecule has 0 fully saturated rings. The third-order valence-electron chi connectivity index (χ3n) is 1.49. The highest BCUT2D eigenvalue weighted by Gasteiger charge is 2.07. The Labute approximate surface area is 66.1 Å². The van der Waals surface area contributed by atoms with Crippen molar-refractivity contribution >= 4 is 11.3 Å². The standard InChI is InChI=1S/C8H13NS/c1-5(2)8-6(3)10-7(4)9-8/h5H,1-4H3. The van der Waals surface area contributed by atoms with Crippen molar-refractivity contribution in [3.63, 3.8) is 0 Å². The van der Waals surface area contributed by atoms with Gasteiger partial charge in [0.15, 0.2) is 0 Å². The third-order valence-corrected chi connectivity index (χ3v) is 2.39. The van der Waals surface area contributed by atoms with Crippen LogP contribution in [-0.2, 0) is 0 Å². The molecule has 1 aromatic heterocycles. The molecule has 1 nitrogen and oxygen atoms in total. The molecule has 1 aromatic rings. The van der Waals surface area contributed by atoms with Crippen molar-refractivity contribution in [1.29, 1.82) is 0 Å². The first-order chi connectivity index (χ1) is 4.61. The summed E-state index contributed by atoms with van der Waals surface area (Å²) in [7, 11) is 0. The lowest BCUT2D eigenvalue weighted by atomic mass is 10.1. The molecule has 0 atom stereocenters. The normalized spacial score (nSPS) is 10.9.